The van der Waals surface area contributed by atoms with Gasteiger partial charge in [0.15, 0.2) is 0 Å². The molecule has 0 aromatic carbocycles. The maximum absolute atomic E-state index is 11.4. The Morgan fingerprint density at radius 1 is 1.21 bits per heavy atom. The molecular weight excluding hydrogens is 178 g/mol. The Morgan fingerprint density at radius 2 is 1.79 bits per heavy atom. The van der Waals surface area contributed by atoms with E-state index in [1.165, 1.54) is 6.92 Å². The number of hydrogen-bond donors (Lipinski definition) is 1. The van der Waals surface area contributed by atoms with Crippen LogP contribution in [0.1, 0.15) is 53.4 Å². The minimum absolute atomic E-state index is 0.0290. The second-order valence-electron chi connectivity index (χ2n) is 4.38. The lowest BCUT2D eigenvalue weighted by Crippen LogP contribution is -2.43. The van der Waals surface area contributed by atoms with E-state index >= 15 is 0 Å². The van der Waals surface area contributed by atoms with Crippen molar-refractivity contribution in [1.82, 2.24) is 5.32 Å². The van der Waals surface area contributed by atoms with Crippen molar-refractivity contribution in [2.45, 2.75) is 58.9 Å². The number of nitrogens with one attached hydrogen (secondary N) is 1. The highest BCUT2D eigenvalue weighted by molar-refractivity contribution is 5.83. The van der Waals surface area contributed by atoms with E-state index in [9.17, 15) is 9.59 Å². The molecule has 0 rings (SSSR count). The molecule has 0 unspecified atom stereocenters. The zero-order valence-corrected chi connectivity index (χ0v) is 9.64. The SMILES string of the molecule is CCCC(C)(C)NC(=O)CCC(C)=O. The summed E-state index contributed by atoms with van der Waals surface area (Å²) in [5, 5.41) is 2.92. The van der Waals surface area contributed by atoms with Crippen molar-refractivity contribution in [3.05, 3.63) is 0 Å². The predicted molar refractivity (Wildman–Crippen MR) is 57.0 cm³/mol. The normalized spacial score (nSPS) is 11.1. The molecule has 3 heteroatoms. The van der Waals surface area contributed by atoms with Gasteiger partial charge in [0.05, 0.1) is 0 Å². The maximum Gasteiger partial charge on any atom is 0.220 e. The predicted octanol–water partition coefficient (Wildman–Crippen LogP) is 2.05. The summed E-state index contributed by atoms with van der Waals surface area (Å²) in [5.74, 6) is 0.0343. The first-order chi connectivity index (χ1) is 6.37. The van der Waals surface area contributed by atoms with E-state index in [2.05, 4.69) is 12.2 Å². The molecule has 1 amide bonds. The molecule has 0 aliphatic heterocycles. The van der Waals surface area contributed by atoms with Gasteiger partial charge < -0.3 is 10.1 Å². The number of Topliss-reactive ketones (excluding diaryl/α,β-unsaturated/α-hetero) is 1. The number of ketones is 1. The van der Waals surface area contributed by atoms with E-state index in [1.807, 2.05) is 13.8 Å². The van der Waals surface area contributed by atoms with Crippen LogP contribution in [0.4, 0.5) is 0 Å². The van der Waals surface area contributed by atoms with Gasteiger partial charge >= 0.3 is 0 Å². The van der Waals surface area contributed by atoms with Crippen LogP contribution < -0.4 is 5.32 Å². The fourth-order valence-corrected chi connectivity index (χ4v) is 1.42. The lowest BCUT2D eigenvalue weighted by molar-refractivity contribution is -0.125. The molecule has 0 aliphatic carbocycles. The second-order valence-corrected chi connectivity index (χ2v) is 4.38. The second kappa shape index (κ2) is 5.78. The van der Waals surface area contributed by atoms with Gasteiger partial charge in [-0.25, -0.2) is 0 Å². The highest BCUT2D eigenvalue weighted by Crippen LogP contribution is 2.10. The smallest absolute Gasteiger partial charge is 0.220 e. The molecule has 14 heavy (non-hydrogen) atoms. The van der Waals surface area contributed by atoms with Crippen LogP contribution in [-0.4, -0.2) is 17.2 Å². The van der Waals surface area contributed by atoms with E-state index in [1.54, 1.807) is 0 Å². The van der Waals surface area contributed by atoms with Gasteiger partial charge in [-0.2, -0.15) is 0 Å². The Hall–Kier alpha value is -0.860. The number of carbonyl (C=O) groups is 2. The van der Waals surface area contributed by atoms with Crippen molar-refractivity contribution < 1.29 is 9.59 Å². The van der Waals surface area contributed by atoms with Gasteiger partial charge in [0, 0.05) is 18.4 Å². The van der Waals surface area contributed by atoms with Crippen molar-refractivity contribution in [3.63, 3.8) is 0 Å². The minimum Gasteiger partial charge on any atom is -0.351 e. The van der Waals surface area contributed by atoms with Gasteiger partial charge in [0.1, 0.15) is 5.78 Å². The van der Waals surface area contributed by atoms with Crippen LogP contribution >= 0.6 is 0 Å². The van der Waals surface area contributed by atoms with E-state index in [0.717, 1.165) is 12.8 Å². The van der Waals surface area contributed by atoms with Gasteiger partial charge in [-0.3, -0.25) is 4.79 Å². The summed E-state index contributed by atoms with van der Waals surface area (Å²) >= 11 is 0. The summed E-state index contributed by atoms with van der Waals surface area (Å²) in [4.78, 5) is 22.0. The van der Waals surface area contributed by atoms with E-state index in [0.29, 0.717) is 12.8 Å². The molecule has 0 aromatic rings. The van der Waals surface area contributed by atoms with Gasteiger partial charge in [-0.1, -0.05) is 13.3 Å². The highest BCUT2D eigenvalue weighted by atomic mass is 16.2. The van der Waals surface area contributed by atoms with Crippen LogP contribution in [0, 0.1) is 0 Å². The molecule has 0 spiro atoms. The van der Waals surface area contributed by atoms with E-state index in [-0.39, 0.29) is 17.2 Å². The Bertz CT molecular complexity index is 209. The number of carbonyl (C=O) groups excluding carboxylic acids is 2. The first kappa shape index (κ1) is 13.1. The molecule has 3 nitrogen and oxygen atoms in total. The molecule has 0 saturated carbocycles. The van der Waals surface area contributed by atoms with E-state index in [4.69, 9.17) is 0 Å². The van der Waals surface area contributed by atoms with Gasteiger partial charge in [0.25, 0.3) is 0 Å². The highest BCUT2D eigenvalue weighted by Gasteiger charge is 2.18. The Balaban J connectivity index is 3.86. The molecule has 0 bridgehead atoms. The third-order valence-corrected chi connectivity index (χ3v) is 2.06. The fourth-order valence-electron chi connectivity index (χ4n) is 1.42. The quantitative estimate of drug-likeness (QED) is 0.711. The first-order valence-electron chi connectivity index (χ1n) is 5.18. The third kappa shape index (κ3) is 6.63. The first-order valence-corrected chi connectivity index (χ1v) is 5.18. The van der Waals surface area contributed by atoms with Crippen LogP contribution in [-0.2, 0) is 9.59 Å². The van der Waals surface area contributed by atoms with Gasteiger partial charge in [0.2, 0.25) is 5.91 Å². The summed E-state index contributed by atoms with van der Waals surface area (Å²) in [7, 11) is 0. The molecule has 0 atom stereocenters. The summed E-state index contributed by atoms with van der Waals surface area (Å²) in [6.07, 6.45) is 2.65. The van der Waals surface area contributed by atoms with Crippen LogP contribution in [0.15, 0.2) is 0 Å². The largest absolute Gasteiger partial charge is 0.351 e. The maximum atomic E-state index is 11.4. The summed E-state index contributed by atoms with van der Waals surface area (Å²) in [5.41, 5.74) is -0.150. The monoisotopic (exact) mass is 199 g/mol. The zero-order valence-electron chi connectivity index (χ0n) is 9.64. The molecule has 0 radical (unpaired) electrons. The van der Waals surface area contributed by atoms with Gasteiger partial charge in [-0.05, 0) is 27.2 Å². The lowest BCUT2D eigenvalue weighted by Gasteiger charge is -2.25. The Labute approximate surface area is 86.3 Å². The molecule has 0 fully saturated rings. The molecular formula is C11H21NO2. The van der Waals surface area contributed by atoms with Crippen molar-refractivity contribution in [3.8, 4) is 0 Å². The molecule has 0 saturated heterocycles. The van der Waals surface area contributed by atoms with Crippen molar-refractivity contribution >= 4 is 11.7 Å². The van der Waals surface area contributed by atoms with Crippen molar-refractivity contribution in [2.24, 2.45) is 0 Å². The molecule has 0 aliphatic rings. The molecule has 1 N–H and O–H groups in total. The lowest BCUT2D eigenvalue weighted by atomic mass is 9.98. The van der Waals surface area contributed by atoms with Crippen LogP contribution in [0.2, 0.25) is 0 Å². The number of hydrogen-bond acceptors (Lipinski definition) is 2. The summed E-state index contributed by atoms with van der Waals surface area (Å²) in [6, 6.07) is 0. The topological polar surface area (TPSA) is 46.2 Å². The standard InChI is InChI=1S/C11H21NO2/c1-5-8-11(3,4)12-10(14)7-6-9(2)13/h5-8H2,1-4H3,(H,12,14). The molecule has 0 heterocycles. The van der Waals surface area contributed by atoms with Crippen LogP contribution in [0.5, 0.6) is 0 Å². The third-order valence-electron chi connectivity index (χ3n) is 2.06. The summed E-state index contributed by atoms with van der Waals surface area (Å²) < 4.78 is 0. The van der Waals surface area contributed by atoms with Crippen LogP contribution in [0.3, 0.4) is 0 Å². The average molecular weight is 199 g/mol. The van der Waals surface area contributed by atoms with Crippen LogP contribution in [0.25, 0.3) is 0 Å². The molecule has 82 valence electrons. The van der Waals surface area contributed by atoms with Gasteiger partial charge in [-0.15, -0.1) is 0 Å². The van der Waals surface area contributed by atoms with Crippen molar-refractivity contribution in [2.75, 3.05) is 0 Å². The summed E-state index contributed by atoms with van der Waals surface area (Å²) in [6.45, 7) is 7.60. The minimum atomic E-state index is -0.150. The zero-order chi connectivity index (χ0) is 11.2. The Kier molecular flexibility index (Phi) is 5.43. The Morgan fingerprint density at radius 3 is 2.21 bits per heavy atom. The fraction of sp³-hybridized carbons (Fsp3) is 0.818. The van der Waals surface area contributed by atoms with E-state index < -0.39 is 0 Å². The number of rotatable bonds is 6. The number of amides is 1. The average Bonchev–Trinajstić information content (AvgIpc) is 1.99. The van der Waals surface area contributed by atoms with Crippen molar-refractivity contribution in [1.29, 1.82) is 0 Å². The molecule has 0 aromatic heterocycles.